The molecule has 110 valence electrons. The first-order valence-electron chi connectivity index (χ1n) is 7.29. The molecule has 1 atom stereocenters. The molecule has 0 spiro atoms. The molecule has 0 saturated carbocycles. The Morgan fingerprint density at radius 2 is 1.76 bits per heavy atom. The quantitative estimate of drug-likeness (QED) is 0.851. The Labute approximate surface area is 131 Å². The maximum atomic E-state index is 11.9. The van der Waals surface area contributed by atoms with Crippen LogP contribution in [0.1, 0.15) is 25.8 Å². The van der Waals surface area contributed by atoms with E-state index in [1.165, 1.54) is 9.79 Å². The Morgan fingerprint density at radius 1 is 1.10 bits per heavy atom. The predicted octanol–water partition coefficient (Wildman–Crippen LogP) is 4.50. The number of carbonyl (C=O) groups excluding carboxylic acids is 1. The SMILES string of the molecule is CCC(C)C(=O)NCc1ccccc1Sc1ccccc1. The molecule has 0 bridgehead atoms. The van der Waals surface area contributed by atoms with Gasteiger partial charge in [-0.25, -0.2) is 0 Å². The lowest BCUT2D eigenvalue weighted by Crippen LogP contribution is -2.28. The van der Waals surface area contributed by atoms with Crippen LogP contribution in [0, 0.1) is 5.92 Å². The van der Waals surface area contributed by atoms with Gasteiger partial charge in [0.25, 0.3) is 0 Å². The molecule has 0 heterocycles. The van der Waals surface area contributed by atoms with Crippen molar-refractivity contribution >= 4 is 17.7 Å². The Kier molecular flexibility index (Phi) is 5.88. The van der Waals surface area contributed by atoms with E-state index in [0.717, 1.165) is 12.0 Å². The third kappa shape index (κ3) is 4.64. The molecule has 21 heavy (non-hydrogen) atoms. The van der Waals surface area contributed by atoms with E-state index < -0.39 is 0 Å². The van der Waals surface area contributed by atoms with Crippen molar-refractivity contribution < 1.29 is 4.79 Å². The van der Waals surface area contributed by atoms with Gasteiger partial charge >= 0.3 is 0 Å². The summed E-state index contributed by atoms with van der Waals surface area (Å²) in [6.07, 6.45) is 0.867. The Balaban J connectivity index is 2.05. The third-order valence-corrected chi connectivity index (χ3v) is 4.58. The van der Waals surface area contributed by atoms with Crippen LogP contribution in [-0.4, -0.2) is 5.91 Å². The van der Waals surface area contributed by atoms with Gasteiger partial charge < -0.3 is 5.32 Å². The Morgan fingerprint density at radius 3 is 2.48 bits per heavy atom. The number of carbonyl (C=O) groups is 1. The molecule has 1 unspecified atom stereocenters. The van der Waals surface area contributed by atoms with Crippen molar-refractivity contribution in [3.63, 3.8) is 0 Å². The van der Waals surface area contributed by atoms with E-state index in [0.29, 0.717) is 6.54 Å². The minimum Gasteiger partial charge on any atom is -0.352 e. The summed E-state index contributed by atoms with van der Waals surface area (Å²) >= 11 is 1.73. The number of benzene rings is 2. The van der Waals surface area contributed by atoms with Gasteiger partial charge in [0.1, 0.15) is 0 Å². The Bertz CT molecular complexity index is 583. The summed E-state index contributed by atoms with van der Waals surface area (Å²) < 4.78 is 0. The maximum absolute atomic E-state index is 11.9. The van der Waals surface area contributed by atoms with Gasteiger partial charge in [-0.05, 0) is 30.2 Å². The van der Waals surface area contributed by atoms with Gasteiger partial charge in [0.05, 0.1) is 0 Å². The van der Waals surface area contributed by atoms with Crippen molar-refractivity contribution in [2.75, 3.05) is 0 Å². The van der Waals surface area contributed by atoms with Crippen molar-refractivity contribution in [1.29, 1.82) is 0 Å². The third-order valence-electron chi connectivity index (χ3n) is 3.46. The fourth-order valence-electron chi connectivity index (χ4n) is 1.91. The highest BCUT2D eigenvalue weighted by molar-refractivity contribution is 7.99. The molecule has 0 aliphatic carbocycles. The molecule has 3 heteroatoms. The van der Waals surface area contributed by atoms with Gasteiger partial charge in [0.15, 0.2) is 0 Å². The summed E-state index contributed by atoms with van der Waals surface area (Å²) in [6.45, 7) is 4.57. The summed E-state index contributed by atoms with van der Waals surface area (Å²) in [5.41, 5.74) is 1.16. The first-order valence-corrected chi connectivity index (χ1v) is 8.11. The van der Waals surface area contributed by atoms with E-state index in [4.69, 9.17) is 0 Å². The zero-order valence-electron chi connectivity index (χ0n) is 12.5. The van der Waals surface area contributed by atoms with Crippen LogP contribution in [-0.2, 0) is 11.3 Å². The molecule has 0 aliphatic heterocycles. The summed E-state index contributed by atoms with van der Waals surface area (Å²) in [7, 11) is 0. The van der Waals surface area contributed by atoms with Crippen LogP contribution >= 0.6 is 11.8 Å². The molecular formula is C18H21NOS. The van der Waals surface area contributed by atoms with Crippen molar-refractivity contribution in [2.45, 2.75) is 36.6 Å². The van der Waals surface area contributed by atoms with Crippen LogP contribution < -0.4 is 5.32 Å². The van der Waals surface area contributed by atoms with Crippen molar-refractivity contribution in [2.24, 2.45) is 5.92 Å². The number of hydrogen-bond acceptors (Lipinski definition) is 2. The molecule has 0 saturated heterocycles. The van der Waals surface area contributed by atoms with Crippen LogP contribution in [0.4, 0.5) is 0 Å². The minimum absolute atomic E-state index is 0.0685. The number of amides is 1. The highest BCUT2D eigenvalue weighted by Crippen LogP contribution is 2.30. The molecule has 0 radical (unpaired) electrons. The number of nitrogens with one attached hydrogen (secondary N) is 1. The normalized spacial score (nSPS) is 11.9. The first-order chi connectivity index (χ1) is 10.2. The standard InChI is InChI=1S/C18H21NOS/c1-3-14(2)18(20)19-13-15-9-7-8-12-17(15)21-16-10-5-4-6-11-16/h4-12,14H,3,13H2,1-2H3,(H,19,20). The minimum atomic E-state index is 0.0685. The zero-order chi connectivity index (χ0) is 15.1. The molecular weight excluding hydrogens is 278 g/mol. The monoisotopic (exact) mass is 299 g/mol. The second-order valence-electron chi connectivity index (χ2n) is 5.05. The molecule has 2 rings (SSSR count). The number of rotatable bonds is 6. The van der Waals surface area contributed by atoms with Gasteiger partial charge in [-0.1, -0.05) is 62.0 Å². The van der Waals surface area contributed by atoms with E-state index in [1.54, 1.807) is 11.8 Å². The van der Waals surface area contributed by atoms with Gasteiger partial charge in [0, 0.05) is 22.3 Å². The van der Waals surface area contributed by atoms with Crippen molar-refractivity contribution in [1.82, 2.24) is 5.32 Å². The summed E-state index contributed by atoms with van der Waals surface area (Å²) in [5, 5.41) is 3.02. The van der Waals surface area contributed by atoms with E-state index >= 15 is 0 Å². The van der Waals surface area contributed by atoms with Crippen LogP contribution in [0.3, 0.4) is 0 Å². The van der Waals surface area contributed by atoms with Gasteiger partial charge in [-0.2, -0.15) is 0 Å². The molecule has 2 nitrogen and oxygen atoms in total. The van der Waals surface area contributed by atoms with E-state index in [-0.39, 0.29) is 11.8 Å². The predicted molar refractivity (Wildman–Crippen MR) is 88.3 cm³/mol. The van der Waals surface area contributed by atoms with Gasteiger partial charge in [0.2, 0.25) is 5.91 Å². The van der Waals surface area contributed by atoms with Gasteiger partial charge in [-0.3, -0.25) is 4.79 Å². The lowest BCUT2D eigenvalue weighted by molar-refractivity contribution is -0.124. The van der Waals surface area contributed by atoms with Crippen LogP contribution in [0.25, 0.3) is 0 Å². The highest BCUT2D eigenvalue weighted by atomic mass is 32.2. The first kappa shape index (κ1) is 15.6. The summed E-state index contributed by atoms with van der Waals surface area (Å²) in [5.74, 6) is 0.191. The van der Waals surface area contributed by atoms with Crippen LogP contribution in [0.5, 0.6) is 0 Å². The van der Waals surface area contributed by atoms with Crippen LogP contribution in [0.15, 0.2) is 64.4 Å². The topological polar surface area (TPSA) is 29.1 Å². The molecule has 2 aromatic rings. The fourth-order valence-corrected chi connectivity index (χ4v) is 2.87. The second-order valence-corrected chi connectivity index (χ2v) is 6.17. The Hall–Kier alpha value is -1.74. The molecule has 0 aromatic heterocycles. The second kappa shape index (κ2) is 7.89. The van der Waals surface area contributed by atoms with Crippen molar-refractivity contribution in [3.05, 3.63) is 60.2 Å². The summed E-state index contributed by atoms with van der Waals surface area (Å²) in [4.78, 5) is 14.3. The smallest absolute Gasteiger partial charge is 0.223 e. The largest absolute Gasteiger partial charge is 0.352 e. The molecule has 2 aromatic carbocycles. The van der Waals surface area contributed by atoms with Crippen LogP contribution in [0.2, 0.25) is 0 Å². The maximum Gasteiger partial charge on any atom is 0.223 e. The lowest BCUT2D eigenvalue weighted by Gasteiger charge is -2.12. The molecule has 1 N–H and O–H groups in total. The average Bonchev–Trinajstić information content (AvgIpc) is 2.54. The lowest BCUT2D eigenvalue weighted by atomic mass is 10.1. The van der Waals surface area contributed by atoms with E-state index in [2.05, 4.69) is 29.6 Å². The van der Waals surface area contributed by atoms with E-state index in [1.807, 2.05) is 44.2 Å². The molecule has 0 fully saturated rings. The highest BCUT2D eigenvalue weighted by Gasteiger charge is 2.11. The van der Waals surface area contributed by atoms with Gasteiger partial charge in [-0.15, -0.1) is 0 Å². The number of hydrogen-bond donors (Lipinski definition) is 1. The average molecular weight is 299 g/mol. The summed E-state index contributed by atoms with van der Waals surface area (Å²) in [6, 6.07) is 18.5. The zero-order valence-corrected chi connectivity index (χ0v) is 13.3. The molecule has 0 aliphatic rings. The van der Waals surface area contributed by atoms with E-state index in [9.17, 15) is 4.79 Å². The molecule has 1 amide bonds. The van der Waals surface area contributed by atoms with Crippen molar-refractivity contribution in [3.8, 4) is 0 Å². The fraction of sp³-hybridized carbons (Fsp3) is 0.278.